The molecule has 7 nitrogen and oxygen atoms in total. The summed E-state index contributed by atoms with van der Waals surface area (Å²) in [5, 5.41) is 5.88. The fraction of sp³-hybridized carbons (Fsp3) is 0.316. The maximum Gasteiger partial charge on any atom is 0.264 e. The number of likely N-dealkylation sites (tertiary alicyclic amines) is 1. The van der Waals surface area contributed by atoms with Crippen molar-refractivity contribution in [1.82, 2.24) is 15.0 Å². The number of rotatable bonds is 7. The third kappa shape index (κ3) is 3.86. The van der Waals surface area contributed by atoms with E-state index in [0.29, 0.717) is 43.6 Å². The SMILES string of the molecule is COCCc1noc(-c2ccccc2OC2CN(C(=O)c3cccs3)C2)n1. The number of aromatic nitrogens is 2. The van der Waals surface area contributed by atoms with Crippen LogP contribution in [0.15, 0.2) is 46.3 Å². The highest BCUT2D eigenvalue weighted by Gasteiger charge is 2.33. The fourth-order valence-corrected chi connectivity index (χ4v) is 3.51. The highest BCUT2D eigenvalue weighted by Crippen LogP contribution is 2.31. The van der Waals surface area contributed by atoms with E-state index in [4.69, 9.17) is 14.0 Å². The van der Waals surface area contributed by atoms with Crippen LogP contribution >= 0.6 is 11.3 Å². The van der Waals surface area contributed by atoms with Gasteiger partial charge in [-0.15, -0.1) is 11.3 Å². The van der Waals surface area contributed by atoms with E-state index in [1.54, 1.807) is 12.0 Å². The Morgan fingerprint density at radius 3 is 2.93 bits per heavy atom. The topological polar surface area (TPSA) is 77.7 Å². The van der Waals surface area contributed by atoms with Gasteiger partial charge in [0.1, 0.15) is 11.9 Å². The molecule has 0 unspecified atom stereocenters. The van der Waals surface area contributed by atoms with Crippen molar-refractivity contribution >= 4 is 17.2 Å². The van der Waals surface area contributed by atoms with Crippen molar-refractivity contribution in [1.29, 1.82) is 0 Å². The Kier molecular flexibility index (Phi) is 5.17. The molecule has 0 radical (unpaired) electrons. The normalized spacial score (nSPS) is 14.2. The highest BCUT2D eigenvalue weighted by molar-refractivity contribution is 7.12. The summed E-state index contributed by atoms with van der Waals surface area (Å²) in [5.41, 5.74) is 0.747. The first-order chi connectivity index (χ1) is 13.2. The van der Waals surface area contributed by atoms with Gasteiger partial charge in [0, 0.05) is 13.5 Å². The summed E-state index contributed by atoms with van der Waals surface area (Å²) in [6.07, 6.45) is 0.539. The van der Waals surface area contributed by atoms with E-state index < -0.39 is 0 Å². The lowest BCUT2D eigenvalue weighted by Gasteiger charge is -2.38. The number of amides is 1. The minimum Gasteiger partial charge on any atom is -0.486 e. The van der Waals surface area contributed by atoms with Crippen LogP contribution in [-0.4, -0.2) is 53.9 Å². The first kappa shape index (κ1) is 17.7. The summed E-state index contributed by atoms with van der Waals surface area (Å²) in [5.74, 6) is 1.74. The van der Waals surface area contributed by atoms with Gasteiger partial charge in [0.15, 0.2) is 5.82 Å². The average Bonchev–Trinajstić information content (AvgIpc) is 3.34. The monoisotopic (exact) mass is 385 g/mol. The lowest BCUT2D eigenvalue weighted by atomic mass is 10.1. The Morgan fingerprint density at radius 2 is 2.15 bits per heavy atom. The zero-order valence-corrected chi connectivity index (χ0v) is 15.6. The number of hydrogen-bond acceptors (Lipinski definition) is 7. The van der Waals surface area contributed by atoms with E-state index in [2.05, 4.69) is 10.1 Å². The van der Waals surface area contributed by atoms with E-state index >= 15 is 0 Å². The number of ether oxygens (including phenoxy) is 2. The Labute approximate surface area is 160 Å². The summed E-state index contributed by atoms with van der Waals surface area (Å²) in [6.45, 7) is 1.66. The zero-order valence-electron chi connectivity index (χ0n) is 14.8. The second-order valence-corrected chi connectivity index (χ2v) is 7.13. The lowest BCUT2D eigenvalue weighted by molar-refractivity contribution is 0.0183. The summed E-state index contributed by atoms with van der Waals surface area (Å²) in [7, 11) is 1.63. The molecule has 1 saturated heterocycles. The molecule has 3 heterocycles. The first-order valence-electron chi connectivity index (χ1n) is 8.65. The van der Waals surface area contributed by atoms with Crippen LogP contribution in [0.3, 0.4) is 0 Å². The molecule has 140 valence electrons. The summed E-state index contributed by atoms with van der Waals surface area (Å²) in [4.78, 5) is 19.2. The van der Waals surface area contributed by atoms with Crippen molar-refractivity contribution in [3.8, 4) is 17.2 Å². The van der Waals surface area contributed by atoms with Crippen molar-refractivity contribution in [3.63, 3.8) is 0 Å². The van der Waals surface area contributed by atoms with E-state index in [9.17, 15) is 4.79 Å². The van der Waals surface area contributed by atoms with Crippen LogP contribution in [0.5, 0.6) is 5.75 Å². The van der Waals surface area contributed by atoms with Crippen LogP contribution in [0.4, 0.5) is 0 Å². The predicted molar refractivity (Wildman–Crippen MR) is 100.0 cm³/mol. The molecule has 1 aliphatic heterocycles. The second kappa shape index (κ2) is 7.89. The lowest BCUT2D eigenvalue weighted by Crippen LogP contribution is -2.56. The summed E-state index contributed by atoms with van der Waals surface area (Å²) in [6, 6.07) is 11.3. The van der Waals surface area contributed by atoms with Crippen molar-refractivity contribution in [2.24, 2.45) is 0 Å². The van der Waals surface area contributed by atoms with Crippen molar-refractivity contribution in [2.45, 2.75) is 12.5 Å². The number of nitrogens with zero attached hydrogens (tertiary/aromatic N) is 3. The van der Waals surface area contributed by atoms with E-state index in [1.165, 1.54) is 11.3 Å². The molecule has 1 amide bonds. The van der Waals surface area contributed by atoms with Crippen molar-refractivity contribution in [2.75, 3.05) is 26.8 Å². The molecule has 0 atom stereocenters. The molecule has 0 aliphatic carbocycles. The van der Waals surface area contributed by atoms with E-state index in [0.717, 1.165) is 10.4 Å². The molecule has 1 aromatic carbocycles. The number of methoxy groups -OCH3 is 1. The standard InChI is InChI=1S/C19H19N3O4S/c1-24-9-8-17-20-18(26-21-17)14-5-2-3-6-15(14)25-13-11-22(12-13)19(23)16-7-4-10-27-16/h2-7,10,13H,8-9,11-12H2,1H3. The van der Waals surface area contributed by atoms with Gasteiger partial charge in [-0.25, -0.2) is 0 Å². The maximum atomic E-state index is 12.3. The molecule has 1 aliphatic rings. The van der Waals surface area contributed by atoms with Gasteiger partial charge < -0.3 is 18.9 Å². The second-order valence-electron chi connectivity index (χ2n) is 6.18. The molecular weight excluding hydrogens is 366 g/mol. The maximum absolute atomic E-state index is 12.3. The van der Waals surface area contributed by atoms with Gasteiger partial charge in [0.05, 0.1) is 30.1 Å². The average molecular weight is 385 g/mol. The fourth-order valence-electron chi connectivity index (χ4n) is 2.82. The third-order valence-corrected chi connectivity index (χ3v) is 5.13. The van der Waals surface area contributed by atoms with Crippen LogP contribution in [0.25, 0.3) is 11.5 Å². The number of carbonyl (C=O) groups is 1. The minimum absolute atomic E-state index is 0.0501. The molecule has 8 heteroatoms. The van der Waals surface area contributed by atoms with E-state index in [-0.39, 0.29) is 12.0 Å². The van der Waals surface area contributed by atoms with Gasteiger partial charge in [-0.1, -0.05) is 23.4 Å². The number of para-hydroxylation sites is 1. The van der Waals surface area contributed by atoms with Gasteiger partial charge in [-0.3, -0.25) is 4.79 Å². The van der Waals surface area contributed by atoms with Crippen LogP contribution in [0, 0.1) is 0 Å². The molecular formula is C19H19N3O4S. The van der Waals surface area contributed by atoms with Gasteiger partial charge in [-0.05, 0) is 23.6 Å². The largest absolute Gasteiger partial charge is 0.486 e. The van der Waals surface area contributed by atoms with Crippen LogP contribution < -0.4 is 4.74 Å². The molecule has 1 fully saturated rings. The minimum atomic E-state index is -0.0501. The van der Waals surface area contributed by atoms with E-state index in [1.807, 2.05) is 41.8 Å². The molecule has 0 N–H and O–H groups in total. The Morgan fingerprint density at radius 1 is 1.30 bits per heavy atom. The van der Waals surface area contributed by atoms with Crippen LogP contribution in [0.1, 0.15) is 15.5 Å². The van der Waals surface area contributed by atoms with Gasteiger partial charge >= 0.3 is 0 Å². The number of carbonyl (C=O) groups excluding carboxylic acids is 1. The Bertz CT molecular complexity index is 903. The number of hydrogen-bond donors (Lipinski definition) is 0. The zero-order chi connectivity index (χ0) is 18.6. The van der Waals surface area contributed by atoms with Gasteiger partial charge in [0.25, 0.3) is 11.8 Å². The molecule has 4 rings (SSSR count). The molecule has 0 bridgehead atoms. The highest BCUT2D eigenvalue weighted by atomic mass is 32.1. The van der Waals surface area contributed by atoms with Crippen LogP contribution in [-0.2, 0) is 11.2 Å². The molecule has 0 saturated carbocycles. The predicted octanol–water partition coefficient (Wildman–Crippen LogP) is 2.89. The van der Waals surface area contributed by atoms with Crippen molar-refractivity contribution < 1.29 is 18.8 Å². The molecule has 27 heavy (non-hydrogen) atoms. The summed E-state index contributed by atoms with van der Waals surface area (Å²) < 4.78 is 16.5. The summed E-state index contributed by atoms with van der Waals surface area (Å²) >= 11 is 1.45. The van der Waals surface area contributed by atoms with Gasteiger partial charge in [-0.2, -0.15) is 4.98 Å². The third-order valence-electron chi connectivity index (χ3n) is 4.28. The first-order valence-corrected chi connectivity index (χ1v) is 9.53. The van der Waals surface area contributed by atoms with Gasteiger partial charge in [0.2, 0.25) is 0 Å². The molecule has 2 aromatic heterocycles. The smallest absolute Gasteiger partial charge is 0.264 e. The van der Waals surface area contributed by atoms with Crippen LogP contribution in [0.2, 0.25) is 0 Å². The Balaban J connectivity index is 1.41. The Hall–Kier alpha value is -2.71. The molecule has 0 spiro atoms. The van der Waals surface area contributed by atoms with Crippen molar-refractivity contribution in [3.05, 3.63) is 52.5 Å². The number of benzene rings is 1. The quantitative estimate of drug-likeness (QED) is 0.622. The number of thiophene rings is 1. The molecule has 3 aromatic rings.